The first-order chi connectivity index (χ1) is 16.0. The van der Waals surface area contributed by atoms with Crippen LogP contribution in [0.15, 0.2) is 54.6 Å². The largest absolute Gasteiger partial charge is 0.511 e. The third-order valence-electron chi connectivity index (χ3n) is 6.73. The van der Waals surface area contributed by atoms with E-state index >= 15 is 0 Å². The number of aryl methyl sites for hydroxylation is 2. The Morgan fingerprint density at radius 1 is 1.03 bits per heavy atom. The standard InChI is InChI=1S/C27H25N3O3/c1-3-29-22-7-5-4-6-19(22)20-13-18(10-11-23(20)29)26-28-21-14-25(33-27(31)32)16(2)12-24(21)30(26)15-17-8-9-17/h4-7,10-14,17H,3,8-9,15H2,1-2H3,(H,31,32). The Balaban J connectivity index is 1.58. The molecule has 5 aromatic rings. The number of rotatable bonds is 5. The Labute approximate surface area is 191 Å². The molecule has 0 bridgehead atoms. The number of hydrogen-bond donors (Lipinski definition) is 1. The maximum atomic E-state index is 11.1. The van der Waals surface area contributed by atoms with Gasteiger partial charge in [-0.3, -0.25) is 0 Å². The molecule has 0 amide bonds. The average molecular weight is 440 g/mol. The molecule has 1 fully saturated rings. The second-order valence-electron chi connectivity index (χ2n) is 8.96. The molecule has 0 saturated heterocycles. The van der Waals surface area contributed by atoms with Crippen molar-refractivity contribution in [3.05, 3.63) is 60.2 Å². The van der Waals surface area contributed by atoms with Gasteiger partial charge in [-0.1, -0.05) is 18.2 Å². The van der Waals surface area contributed by atoms with Gasteiger partial charge in [0.2, 0.25) is 0 Å². The van der Waals surface area contributed by atoms with Gasteiger partial charge in [-0.2, -0.15) is 0 Å². The molecule has 0 radical (unpaired) electrons. The predicted octanol–water partition coefficient (Wildman–Crippen LogP) is 6.61. The number of benzene rings is 3. The molecular formula is C27H25N3O3. The zero-order valence-electron chi connectivity index (χ0n) is 18.7. The Hall–Kier alpha value is -3.80. The van der Waals surface area contributed by atoms with Crippen LogP contribution in [0.3, 0.4) is 0 Å². The van der Waals surface area contributed by atoms with Gasteiger partial charge >= 0.3 is 6.16 Å². The molecule has 1 N–H and O–H groups in total. The van der Waals surface area contributed by atoms with E-state index in [1.165, 1.54) is 34.6 Å². The van der Waals surface area contributed by atoms with Crippen molar-refractivity contribution in [2.75, 3.05) is 0 Å². The molecule has 166 valence electrons. The van der Waals surface area contributed by atoms with E-state index < -0.39 is 6.16 Å². The van der Waals surface area contributed by atoms with E-state index in [4.69, 9.17) is 14.8 Å². The van der Waals surface area contributed by atoms with E-state index in [2.05, 4.69) is 58.5 Å². The van der Waals surface area contributed by atoms with Crippen LogP contribution in [0.2, 0.25) is 0 Å². The summed E-state index contributed by atoms with van der Waals surface area (Å²) < 4.78 is 9.63. The van der Waals surface area contributed by atoms with Crippen molar-refractivity contribution in [2.24, 2.45) is 5.92 Å². The van der Waals surface area contributed by atoms with E-state index in [1.807, 2.05) is 13.0 Å². The molecular weight excluding hydrogens is 414 g/mol. The second-order valence-corrected chi connectivity index (χ2v) is 8.96. The minimum absolute atomic E-state index is 0.332. The predicted molar refractivity (Wildman–Crippen MR) is 130 cm³/mol. The van der Waals surface area contributed by atoms with Gasteiger partial charge in [0, 0.05) is 46.5 Å². The molecule has 0 spiro atoms. The van der Waals surface area contributed by atoms with Crippen LogP contribution in [0, 0.1) is 12.8 Å². The van der Waals surface area contributed by atoms with Crippen molar-refractivity contribution in [1.82, 2.24) is 14.1 Å². The third kappa shape index (κ3) is 3.25. The van der Waals surface area contributed by atoms with E-state index in [-0.39, 0.29) is 0 Å². The Bertz CT molecular complexity index is 1560. The molecule has 0 atom stereocenters. The van der Waals surface area contributed by atoms with Gasteiger partial charge < -0.3 is 19.0 Å². The maximum Gasteiger partial charge on any atom is 0.511 e. The highest BCUT2D eigenvalue weighted by molar-refractivity contribution is 6.09. The first kappa shape index (κ1) is 19.9. The molecule has 0 unspecified atom stereocenters. The molecule has 1 aliphatic rings. The van der Waals surface area contributed by atoms with Crippen LogP contribution in [0.1, 0.15) is 25.3 Å². The number of fused-ring (bicyclic) bond motifs is 4. The fraction of sp³-hybridized carbons (Fsp3) is 0.259. The number of carbonyl (C=O) groups is 1. The first-order valence-electron chi connectivity index (χ1n) is 11.5. The van der Waals surface area contributed by atoms with Crippen LogP contribution in [0.25, 0.3) is 44.2 Å². The molecule has 33 heavy (non-hydrogen) atoms. The quantitative estimate of drug-likeness (QED) is 0.247. The zero-order valence-corrected chi connectivity index (χ0v) is 18.7. The fourth-order valence-corrected chi connectivity index (χ4v) is 4.96. The van der Waals surface area contributed by atoms with Crippen LogP contribution in [-0.4, -0.2) is 25.4 Å². The number of carboxylic acid groups (broad SMARTS) is 1. The highest BCUT2D eigenvalue weighted by Crippen LogP contribution is 2.38. The number of nitrogens with zero attached hydrogens (tertiary/aromatic N) is 3. The highest BCUT2D eigenvalue weighted by Gasteiger charge is 2.25. The number of hydrogen-bond acceptors (Lipinski definition) is 3. The lowest BCUT2D eigenvalue weighted by Crippen LogP contribution is -2.05. The molecule has 1 saturated carbocycles. The number of aromatic nitrogens is 3. The lowest BCUT2D eigenvalue weighted by molar-refractivity contribution is 0.144. The molecule has 1 aliphatic carbocycles. The summed E-state index contributed by atoms with van der Waals surface area (Å²) in [6, 6.07) is 18.9. The van der Waals surface area contributed by atoms with Crippen LogP contribution in [0.4, 0.5) is 4.79 Å². The highest BCUT2D eigenvalue weighted by atomic mass is 16.7. The van der Waals surface area contributed by atoms with Gasteiger partial charge in [-0.25, -0.2) is 9.78 Å². The summed E-state index contributed by atoms with van der Waals surface area (Å²) in [6.07, 6.45) is 1.16. The molecule has 0 aliphatic heterocycles. The smallest absolute Gasteiger partial charge is 0.449 e. The van der Waals surface area contributed by atoms with Crippen molar-refractivity contribution in [3.63, 3.8) is 0 Å². The van der Waals surface area contributed by atoms with Gasteiger partial charge in [-0.15, -0.1) is 0 Å². The van der Waals surface area contributed by atoms with Crippen molar-refractivity contribution in [3.8, 4) is 17.1 Å². The summed E-state index contributed by atoms with van der Waals surface area (Å²) in [5.41, 5.74) is 6.09. The molecule has 6 nitrogen and oxygen atoms in total. The normalized spacial score (nSPS) is 13.9. The topological polar surface area (TPSA) is 69.3 Å². The minimum Gasteiger partial charge on any atom is -0.449 e. The molecule has 2 aromatic heterocycles. The van der Waals surface area contributed by atoms with E-state index in [9.17, 15) is 4.79 Å². The van der Waals surface area contributed by atoms with Gasteiger partial charge in [-0.05, 0) is 68.5 Å². The van der Waals surface area contributed by atoms with E-state index in [1.54, 1.807) is 6.07 Å². The maximum absolute atomic E-state index is 11.1. The fourth-order valence-electron chi connectivity index (χ4n) is 4.96. The van der Waals surface area contributed by atoms with E-state index in [0.29, 0.717) is 11.7 Å². The van der Waals surface area contributed by atoms with Crippen LogP contribution in [0.5, 0.6) is 5.75 Å². The summed E-state index contributed by atoms with van der Waals surface area (Å²) in [7, 11) is 0. The Kier molecular flexibility index (Phi) is 4.43. The van der Waals surface area contributed by atoms with Crippen LogP contribution >= 0.6 is 0 Å². The zero-order chi connectivity index (χ0) is 22.7. The van der Waals surface area contributed by atoms with Crippen molar-refractivity contribution in [2.45, 2.75) is 39.8 Å². The Morgan fingerprint density at radius 2 is 1.82 bits per heavy atom. The summed E-state index contributed by atoms with van der Waals surface area (Å²) >= 11 is 0. The minimum atomic E-state index is -1.31. The van der Waals surface area contributed by atoms with Gasteiger partial charge in [0.15, 0.2) is 0 Å². The monoisotopic (exact) mass is 439 g/mol. The molecule has 6 heteroatoms. The number of ether oxygens (including phenoxy) is 1. The molecule has 3 aromatic carbocycles. The van der Waals surface area contributed by atoms with Gasteiger partial charge in [0.1, 0.15) is 11.6 Å². The lowest BCUT2D eigenvalue weighted by Gasteiger charge is -2.10. The van der Waals surface area contributed by atoms with Gasteiger partial charge in [0.05, 0.1) is 11.0 Å². The van der Waals surface area contributed by atoms with Crippen LogP contribution in [-0.2, 0) is 13.1 Å². The third-order valence-corrected chi connectivity index (χ3v) is 6.73. The Morgan fingerprint density at radius 3 is 2.58 bits per heavy atom. The number of imidazole rings is 1. The van der Waals surface area contributed by atoms with E-state index in [0.717, 1.165) is 41.1 Å². The molecule has 6 rings (SSSR count). The first-order valence-corrected chi connectivity index (χ1v) is 11.5. The van der Waals surface area contributed by atoms with Gasteiger partial charge in [0.25, 0.3) is 0 Å². The summed E-state index contributed by atoms with van der Waals surface area (Å²) in [4.78, 5) is 16.1. The van der Waals surface area contributed by atoms with Crippen LogP contribution < -0.4 is 4.74 Å². The van der Waals surface area contributed by atoms with Crippen molar-refractivity contribution in [1.29, 1.82) is 0 Å². The summed E-state index contributed by atoms with van der Waals surface area (Å²) in [5, 5.41) is 11.6. The van der Waals surface area contributed by atoms with Crippen molar-refractivity contribution < 1.29 is 14.6 Å². The number of para-hydroxylation sites is 1. The lowest BCUT2D eigenvalue weighted by atomic mass is 10.1. The average Bonchev–Trinajstić information content (AvgIpc) is 3.48. The summed E-state index contributed by atoms with van der Waals surface area (Å²) in [6.45, 7) is 5.87. The SMILES string of the molecule is CCn1c2ccccc2c2cc(-c3nc4cc(OC(=O)O)c(C)cc4n3CC3CC3)ccc21. The molecule has 2 heterocycles. The second kappa shape index (κ2) is 7.37. The van der Waals surface area contributed by atoms with Crippen molar-refractivity contribution >= 4 is 39.0 Å². The summed E-state index contributed by atoms with van der Waals surface area (Å²) in [5.74, 6) is 1.92.